The van der Waals surface area contributed by atoms with Crippen molar-refractivity contribution in [2.24, 2.45) is 0 Å². The molecule has 3 aromatic rings. The SMILES string of the molecule is CCN(CC)c1ccc(C2N(Cc3cccs3)CCN2Cc2cccs2)cc1. The molecule has 2 aromatic heterocycles. The number of rotatable bonds is 8. The van der Waals surface area contributed by atoms with E-state index in [1.807, 2.05) is 22.7 Å². The summed E-state index contributed by atoms with van der Waals surface area (Å²) in [5.41, 5.74) is 2.72. The van der Waals surface area contributed by atoms with Gasteiger partial charge in [0.25, 0.3) is 0 Å². The molecule has 4 rings (SSSR count). The van der Waals surface area contributed by atoms with Crippen molar-refractivity contribution in [1.82, 2.24) is 9.80 Å². The van der Waals surface area contributed by atoms with Crippen LogP contribution >= 0.6 is 22.7 Å². The average Bonchev–Trinajstić information content (AvgIpc) is 3.48. The van der Waals surface area contributed by atoms with Crippen LogP contribution in [0.4, 0.5) is 5.69 Å². The standard InChI is InChI=1S/C23H29N3S2/c1-3-24(4-2)20-11-9-19(10-12-20)23-25(17-21-7-5-15-27-21)13-14-26(23)18-22-8-6-16-28-22/h5-12,15-16,23H,3-4,13-14,17-18H2,1-2H3. The molecule has 0 bridgehead atoms. The van der Waals surface area contributed by atoms with Gasteiger partial charge >= 0.3 is 0 Å². The zero-order valence-electron chi connectivity index (χ0n) is 16.8. The quantitative estimate of drug-likeness (QED) is 0.473. The van der Waals surface area contributed by atoms with Crippen molar-refractivity contribution in [3.05, 3.63) is 74.6 Å². The molecule has 0 N–H and O–H groups in total. The minimum atomic E-state index is 0.343. The van der Waals surface area contributed by atoms with Crippen LogP contribution in [-0.2, 0) is 13.1 Å². The molecule has 0 spiro atoms. The van der Waals surface area contributed by atoms with Gasteiger partial charge in [0.05, 0.1) is 6.17 Å². The van der Waals surface area contributed by atoms with Crippen molar-refractivity contribution in [3.8, 4) is 0 Å². The molecule has 148 valence electrons. The van der Waals surface area contributed by atoms with Crippen molar-refractivity contribution in [2.45, 2.75) is 33.1 Å². The van der Waals surface area contributed by atoms with E-state index >= 15 is 0 Å². The first-order valence-electron chi connectivity index (χ1n) is 10.2. The molecule has 0 amide bonds. The average molecular weight is 412 g/mol. The van der Waals surface area contributed by atoms with Gasteiger partial charge in [-0.15, -0.1) is 22.7 Å². The van der Waals surface area contributed by atoms with Crippen LogP contribution in [0.2, 0.25) is 0 Å². The normalized spacial score (nSPS) is 16.1. The van der Waals surface area contributed by atoms with Crippen LogP contribution in [0.25, 0.3) is 0 Å². The maximum absolute atomic E-state index is 2.63. The number of thiophene rings is 2. The van der Waals surface area contributed by atoms with Gasteiger partial charge in [-0.05, 0) is 54.4 Å². The van der Waals surface area contributed by atoms with Crippen molar-refractivity contribution < 1.29 is 0 Å². The van der Waals surface area contributed by atoms with E-state index in [-0.39, 0.29) is 0 Å². The smallest absolute Gasteiger partial charge is 0.0893 e. The van der Waals surface area contributed by atoms with E-state index in [1.54, 1.807) is 0 Å². The van der Waals surface area contributed by atoms with E-state index in [1.165, 1.54) is 21.0 Å². The summed E-state index contributed by atoms with van der Waals surface area (Å²) in [6.07, 6.45) is 0.343. The fourth-order valence-electron chi connectivity index (χ4n) is 4.14. The number of benzene rings is 1. The lowest BCUT2D eigenvalue weighted by molar-refractivity contribution is 0.127. The Morgan fingerprint density at radius 3 is 1.79 bits per heavy atom. The molecule has 28 heavy (non-hydrogen) atoms. The third kappa shape index (κ3) is 4.33. The van der Waals surface area contributed by atoms with Crippen molar-refractivity contribution in [1.29, 1.82) is 0 Å². The minimum absolute atomic E-state index is 0.343. The van der Waals surface area contributed by atoms with Crippen LogP contribution < -0.4 is 4.90 Å². The summed E-state index contributed by atoms with van der Waals surface area (Å²) in [6.45, 7) is 10.8. The van der Waals surface area contributed by atoms with E-state index in [4.69, 9.17) is 0 Å². The lowest BCUT2D eigenvalue weighted by Gasteiger charge is -2.31. The molecule has 1 aliphatic heterocycles. The molecular weight excluding hydrogens is 382 g/mol. The second-order valence-electron chi connectivity index (χ2n) is 7.24. The molecule has 1 saturated heterocycles. The molecule has 3 nitrogen and oxygen atoms in total. The van der Waals surface area contributed by atoms with Gasteiger partial charge < -0.3 is 4.90 Å². The molecule has 1 fully saturated rings. The van der Waals surface area contributed by atoms with Gasteiger partial charge in [0.15, 0.2) is 0 Å². The fourth-order valence-corrected chi connectivity index (χ4v) is 5.60. The van der Waals surface area contributed by atoms with E-state index in [9.17, 15) is 0 Å². The van der Waals surface area contributed by atoms with E-state index in [0.717, 1.165) is 39.3 Å². The Morgan fingerprint density at radius 1 is 0.821 bits per heavy atom. The summed E-state index contributed by atoms with van der Waals surface area (Å²) in [5, 5.41) is 4.37. The van der Waals surface area contributed by atoms with Gasteiger partial charge in [-0.1, -0.05) is 24.3 Å². The van der Waals surface area contributed by atoms with Gasteiger partial charge in [0, 0.05) is 54.7 Å². The summed E-state index contributed by atoms with van der Waals surface area (Å²) in [4.78, 5) is 10.6. The first-order chi connectivity index (χ1) is 13.8. The summed E-state index contributed by atoms with van der Waals surface area (Å²) in [5.74, 6) is 0. The monoisotopic (exact) mass is 411 g/mol. The molecule has 0 saturated carbocycles. The van der Waals surface area contributed by atoms with Crippen LogP contribution in [-0.4, -0.2) is 36.0 Å². The summed E-state index contributed by atoms with van der Waals surface area (Å²) in [6, 6.07) is 18.1. The molecule has 1 aliphatic rings. The minimum Gasteiger partial charge on any atom is -0.372 e. The van der Waals surface area contributed by atoms with E-state index < -0.39 is 0 Å². The lowest BCUT2D eigenvalue weighted by atomic mass is 10.1. The first-order valence-corrected chi connectivity index (χ1v) is 11.9. The molecule has 0 radical (unpaired) electrons. The van der Waals surface area contributed by atoms with Gasteiger partial charge in [0.1, 0.15) is 0 Å². The van der Waals surface area contributed by atoms with Crippen LogP contribution in [0, 0.1) is 0 Å². The molecule has 5 heteroatoms. The fraction of sp³-hybridized carbons (Fsp3) is 0.391. The summed E-state index contributed by atoms with van der Waals surface area (Å²) in [7, 11) is 0. The molecule has 0 atom stereocenters. The van der Waals surface area contributed by atoms with E-state index in [2.05, 4.69) is 87.8 Å². The highest BCUT2D eigenvalue weighted by atomic mass is 32.1. The maximum atomic E-state index is 2.63. The predicted octanol–water partition coefficient (Wildman–Crippen LogP) is 5.67. The summed E-state index contributed by atoms with van der Waals surface area (Å²) < 4.78 is 0. The largest absolute Gasteiger partial charge is 0.372 e. The van der Waals surface area contributed by atoms with Crippen molar-refractivity contribution in [2.75, 3.05) is 31.1 Å². The Kier molecular flexibility index (Phi) is 6.47. The molecule has 0 aliphatic carbocycles. The zero-order valence-corrected chi connectivity index (χ0v) is 18.4. The Balaban J connectivity index is 1.58. The van der Waals surface area contributed by atoms with Gasteiger partial charge in [-0.2, -0.15) is 0 Å². The van der Waals surface area contributed by atoms with E-state index in [0.29, 0.717) is 6.17 Å². The number of hydrogen-bond donors (Lipinski definition) is 0. The highest BCUT2D eigenvalue weighted by Crippen LogP contribution is 2.34. The predicted molar refractivity (Wildman–Crippen MR) is 122 cm³/mol. The van der Waals surface area contributed by atoms with Gasteiger partial charge in [-0.3, -0.25) is 9.80 Å². The number of nitrogens with zero attached hydrogens (tertiary/aromatic N) is 3. The van der Waals surface area contributed by atoms with Gasteiger partial charge in [-0.25, -0.2) is 0 Å². The summed E-state index contributed by atoms with van der Waals surface area (Å²) >= 11 is 3.72. The van der Waals surface area contributed by atoms with Gasteiger partial charge in [0.2, 0.25) is 0 Å². The second-order valence-corrected chi connectivity index (χ2v) is 9.30. The molecular formula is C23H29N3S2. The van der Waals surface area contributed by atoms with Crippen molar-refractivity contribution in [3.63, 3.8) is 0 Å². The highest BCUT2D eigenvalue weighted by Gasteiger charge is 2.33. The van der Waals surface area contributed by atoms with Crippen LogP contribution in [0.15, 0.2) is 59.3 Å². The third-order valence-corrected chi connectivity index (χ3v) is 7.29. The zero-order chi connectivity index (χ0) is 19.3. The third-order valence-electron chi connectivity index (χ3n) is 5.56. The van der Waals surface area contributed by atoms with Crippen LogP contribution in [0.1, 0.15) is 35.3 Å². The number of hydrogen-bond acceptors (Lipinski definition) is 5. The van der Waals surface area contributed by atoms with Crippen molar-refractivity contribution >= 4 is 28.4 Å². The topological polar surface area (TPSA) is 9.72 Å². The van der Waals surface area contributed by atoms with Crippen LogP contribution in [0.3, 0.4) is 0 Å². The lowest BCUT2D eigenvalue weighted by Crippen LogP contribution is -2.30. The molecule has 1 aromatic carbocycles. The first kappa shape index (κ1) is 19.6. The molecule has 3 heterocycles. The highest BCUT2D eigenvalue weighted by molar-refractivity contribution is 7.10. The second kappa shape index (κ2) is 9.23. The Hall–Kier alpha value is -1.66. The Labute approximate surface area is 176 Å². The Morgan fingerprint density at radius 2 is 1.36 bits per heavy atom. The Bertz CT molecular complexity index is 779. The molecule has 0 unspecified atom stereocenters. The maximum Gasteiger partial charge on any atom is 0.0893 e. The number of anilines is 1. The van der Waals surface area contributed by atoms with Crippen LogP contribution in [0.5, 0.6) is 0 Å².